The number of pyridine rings is 3. The van der Waals surface area contributed by atoms with Gasteiger partial charge in [0.2, 0.25) is 0 Å². The first-order chi connectivity index (χ1) is 34.9. The van der Waals surface area contributed by atoms with Crippen molar-refractivity contribution in [3.8, 4) is 17.1 Å². The van der Waals surface area contributed by atoms with Gasteiger partial charge in [0, 0.05) is 67.4 Å². The Balaban J connectivity index is 0.000000125. The van der Waals surface area contributed by atoms with Crippen molar-refractivity contribution in [2.45, 2.75) is 28.2 Å². The third-order valence-corrected chi connectivity index (χ3v) is 16.4. The number of anilines is 1. The molecule has 0 saturated carbocycles. The van der Waals surface area contributed by atoms with Gasteiger partial charge in [-0.1, -0.05) is 60.5 Å². The minimum atomic E-state index is -0.114. The van der Waals surface area contributed by atoms with Crippen molar-refractivity contribution < 1.29 is 18.6 Å². The molecule has 11 heterocycles. The summed E-state index contributed by atoms with van der Waals surface area (Å²) in [5.41, 5.74) is 16.4. The van der Waals surface area contributed by atoms with Gasteiger partial charge in [-0.15, -0.1) is 34.0 Å². The number of nitrogens with zero attached hydrogens (tertiary/aromatic N) is 10. The van der Waals surface area contributed by atoms with Crippen LogP contribution in [0.3, 0.4) is 0 Å². The van der Waals surface area contributed by atoms with Crippen molar-refractivity contribution in [2.24, 2.45) is 7.05 Å². The fraction of sp³-hybridized carbons (Fsp3) is 0.0926. The molecule has 3 N–H and O–H groups in total. The van der Waals surface area contributed by atoms with Crippen LogP contribution in [0.5, 0.6) is 0 Å². The van der Waals surface area contributed by atoms with Crippen LogP contribution in [0.25, 0.3) is 100 Å². The van der Waals surface area contributed by atoms with E-state index in [2.05, 4.69) is 55.4 Å². The molecule has 0 amide bonds. The fourth-order valence-corrected chi connectivity index (χ4v) is 12.1. The zero-order chi connectivity index (χ0) is 49.5. The molecule has 0 saturated heterocycles. The molecule has 0 fully saturated rings. The van der Waals surface area contributed by atoms with Gasteiger partial charge < -0.3 is 15.3 Å². The average Bonchev–Trinajstić information content (AvgIpc) is 4.24. The molecule has 0 bridgehead atoms. The van der Waals surface area contributed by atoms with Crippen molar-refractivity contribution in [2.75, 3.05) is 5.73 Å². The van der Waals surface area contributed by atoms with Gasteiger partial charge in [-0.3, -0.25) is 28.1 Å². The Kier molecular flexibility index (Phi) is 13.3. The van der Waals surface area contributed by atoms with Gasteiger partial charge in [0.1, 0.15) is 64.1 Å². The zero-order valence-corrected chi connectivity index (χ0v) is 44.5. The van der Waals surface area contributed by atoms with Crippen molar-refractivity contribution in [1.82, 2.24) is 53.2 Å². The molecule has 0 spiro atoms. The van der Waals surface area contributed by atoms with E-state index in [1.807, 2.05) is 138 Å². The minimum Gasteiger partial charge on any atom is -0.397 e. The predicted octanol–water partition coefficient (Wildman–Crippen LogP) is 11.9. The smallest absolute Gasteiger partial charge is 0.275 e. The first-order valence-electron chi connectivity index (χ1n) is 22.4. The monoisotopic (exact) mass is 1130 g/mol. The largest absolute Gasteiger partial charge is 0.397 e. The van der Waals surface area contributed by atoms with Crippen molar-refractivity contribution in [1.29, 1.82) is 0 Å². The van der Waals surface area contributed by atoms with Crippen LogP contribution in [0.4, 0.5) is 5.69 Å². The molecule has 20 heteroatoms. The maximum atomic E-state index is 13.0. The Bertz CT molecular complexity index is 4670. The SMILES string of the molecule is C.Cc1ccc(-n2cnc3c(sc4ncc(Br)c(N)c43)c2=O)cc1.Cc1ccc(-n2cnc3c(sc4ncc5cc[nH]c5c43)c2=O)cc1.Cc1ccc(-n2cnc3c(sc4ncc5ccn(C)c5c43)c2=O)cc1.[V]. The molecule has 0 aliphatic heterocycles. The van der Waals surface area contributed by atoms with E-state index < -0.39 is 0 Å². The molecule has 11 aromatic heterocycles. The number of aryl methyl sites for hydroxylation is 4. The summed E-state index contributed by atoms with van der Waals surface area (Å²) in [6.07, 6.45) is 14.0. The normalized spacial score (nSPS) is 11.3. The van der Waals surface area contributed by atoms with Crippen LogP contribution < -0.4 is 22.4 Å². The number of thiophene rings is 3. The van der Waals surface area contributed by atoms with Gasteiger partial charge in [0.25, 0.3) is 16.7 Å². The van der Waals surface area contributed by atoms with E-state index in [-0.39, 0.29) is 42.7 Å². The summed E-state index contributed by atoms with van der Waals surface area (Å²) in [7, 11) is 2.00. The molecule has 0 unspecified atom stereocenters. The van der Waals surface area contributed by atoms with Gasteiger partial charge >= 0.3 is 0 Å². The van der Waals surface area contributed by atoms with Crippen molar-refractivity contribution >= 4 is 139 Å². The standard InChI is InChI=1S/C19H14N4OS.C18H12N4OS.C16H11BrN4OS.CH4.V/c1-11-3-5-13(6-4-11)23-10-21-15-14-16-12(7-8-22(16)2)9-20-18(14)25-17(15)19(23)24;1-10-2-4-12(5-3-10)22-9-21-15-13-14-11(6-7-19-14)8-20-17(13)24-16(15)18(22)23;1-8-2-4-9(5-3-8)21-7-20-13-11-12(18)10(17)6-19-15(11)23-14(13)16(21)22;;/h3-10H,1-2H3;2-9,19H,1H3;2-7H,1H3,(H2,18,19);1H4;. The number of hydrogen-bond donors (Lipinski definition) is 2. The number of nitrogens with two attached hydrogens (primary N) is 1. The number of rotatable bonds is 3. The molecule has 0 atom stereocenters. The summed E-state index contributed by atoms with van der Waals surface area (Å²) in [6, 6.07) is 27.4. The van der Waals surface area contributed by atoms with Crippen LogP contribution in [0.2, 0.25) is 0 Å². The predicted molar refractivity (Wildman–Crippen MR) is 303 cm³/mol. The van der Waals surface area contributed by atoms with Crippen LogP contribution in [0.1, 0.15) is 24.1 Å². The second-order valence-electron chi connectivity index (χ2n) is 17.2. The van der Waals surface area contributed by atoms with Crippen LogP contribution in [0.15, 0.2) is 154 Å². The summed E-state index contributed by atoms with van der Waals surface area (Å²) in [5, 5.41) is 4.68. The number of H-pyrrole nitrogens is 1. The summed E-state index contributed by atoms with van der Waals surface area (Å²) >= 11 is 7.48. The van der Waals surface area contributed by atoms with E-state index >= 15 is 0 Å². The van der Waals surface area contributed by atoms with E-state index in [0.29, 0.717) is 40.1 Å². The number of halogens is 1. The molecule has 74 heavy (non-hydrogen) atoms. The third kappa shape index (κ3) is 8.40. The van der Waals surface area contributed by atoms with E-state index in [1.54, 1.807) is 38.9 Å². The maximum absolute atomic E-state index is 13.0. The fourth-order valence-electron chi connectivity index (χ4n) is 8.73. The summed E-state index contributed by atoms with van der Waals surface area (Å²) in [4.78, 5) is 71.5. The Hall–Kier alpha value is -7.65. The Labute approximate surface area is 452 Å². The molecule has 365 valence electrons. The molecule has 0 aliphatic rings. The molecule has 14 rings (SSSR count). The molecule has 14 aromatic rings. The van der Waals surface area contributed by atoms with Crippen molar-refractivity contribution in [3.63, 3.8) is 0 Å². The van der Waals surface area contributed by atoms with Gasteiger partial charge in [-0.05, 0) is 85.2 Å². The number of benzene rings is 3. The molecule has 1 radical (unpaired) electrons. The number of aromatic amines is 1. The number of hydrogen-bond acceptors (Lipinski definition) is 13. The van der Waals surface area contributed by atoms with Crippen LogP contribution in [-0.2, 0) is 25.6 Å². The molecular formula is C54H41BrN12O3S3V. The number of fused-ring (bicyclic) bond motifs is 13. The Morgan fingerprint density at radius 2 is 0.932 bits per heavy atom. The van der Waals surface area contributed by atoms with Crippen LogP contribution >= 0.6 is 49.9 Å². The molecular weight excluding hydrogens is 1090 g/mol. The number of nitrogen functional groups attached to an aromatic ring is 1. The Morgan fingerprint density at radius 1 is 0.527 bits per heavy atom. The third-order valence-electron chi connectivity index (χ3n) is 12.5. The zero-order valence-electron chi connectivity index (χ0n) is 39.0. The summed E-state index contributed by atoms with van der Waals surface area (Å²) in [5.74, 6) is 0. The quantitative estimate of drug-likeness (QED) is 0.172. The summed E-state index contributed by atoms with van der Waals surface area (Å²) in [6.45, 7) is 6.05. The number of nitrogens with one attached hydrogen (secondary N) is 1. The molecule has 15 nitrogen and oxygen atoms in total. The van der Waals surface area contributed by atoms with Gasteiger partial charge in [-0.2, -0.15) is 0 Å². The number of aromatic nitrogens is 11. The van der Waals surface area contributed by atoms with E-state index in [4.69, 9.17) is 5.73 Å². The summed E-state index contributed by atoms with van der Waals surface area (Å²) < 4.78 is 9.31. The second-order valence-corrected chi connectivity index (χ2v) is 21.1. The average molecular weight is 1130 g/mol. The molecule has 0 aliphatic carbocycles. The van der Waals surface area contributed by atoms with E-state index in [1.165, 1.54) is 34.0 Å². The van der Waals surface area contributed by atoms with Crippen LogP contribution in [-0.4, -0.2) is 53.2 Å². The first-order valence-corrected chi connectivity index (χ1v) is 25.6. The van der Waals surface area contributed by atoms with Gasteiger partial charge in [-0.25, -0.2) is 29.9 Å². The second kappa shape index (κ2) is 19.7. The van der Waals surface area contributed by atoms with Gasteiger partial charge in [0.15, 0.2) is 0 Å². The van der Waals surface area contributed by atoms with E-state index in [0.717, 1.165) is 86.9 Å². The minimum absolute atomic E-state index is 0. The first kappa shape index (κ1) is 49.9. The van der Waals surface area contributed by atoms with Crippen LogP contribution in [0, 0.1) is 20.8 Å². The maximum Gasteiger partial charge on any atom is 0.275 e. The Morgan fingerprint density at radius 3 is 1.42 bits per heavy atom. The van der Waals surface area contributed by atoms with Crippen molar-refractivity contribution in [3.05, 3.63) is 187 Å². The molecule has 3 aromatic carbocycles. The topological polar surface area (TPSA) is 190 Å². The van der Waals surface area contributed by atoms with Gasteiger partial charge in [0.05, 0.1) is 54.4 Å². The van der Waals surface area contributed by atoms with E-state index in [9.17, 15) is 14.4 Å².